The van der Waals surface area contributed by atoms with Gasteiger partial charge in [0.25, 0.3) is 5.56 Å². The van der Waals surface area contributed by atoms with E-state index in [-0.39, 0.29) is 66.0 Å². The van der Waals surface area contributed by atoms with Gasteiger partial charge in [0.05, 0.1) is 35.0 Å². The van der Waals surface area contributed by atoms with E-state index in [9.17, 15) is 19.6 Å². The van der Waals surface area contributed by atoms with Gasteiger partial charge in [0.15, 0.2) is 17.4 Å². The molecular weight excluding hydrogens is 834 g/mol. The first-order chi connectivity index (χ1) is 30.3. The first-order valence-corrected chi connectivity index (χ1v) is 22.2. The fourth-order valence-electron chi connectivity index (χ4n) is 8.36. The lowest BCUT2D eigenvalue weighted by molar-refractivity contribution is -0.125. The van der Waals surface area contributed by atoms with Crippen molar-refractivity contribution in [3.8, 4) is 17.6 Å². The molecule has 2 aromatic heterocycles. The SMILES string of the molecule is CC.CCN(C)SNc1ccc(F)c(Oc2ccc3ncn(CC4(F)CCN(C5CCC(c6cc7c(cc6F)c(N(C)CCC(=O)NC=O)nn7C)CC5)CC4)c(=O)c3c2)c1C#N. The van der Waals surface area contributed by atoms with Crippen molar-refractivity contribution >= 4 is 57.8 Å². The van der Waals surface area contributed by atoms with Crippen LogP contribution in [0.2, 0.25) is 0 Å². The molecule has 2 N–H and O–H groups in total. The van der Waals surface area contributed by atoms with Gasteiger partial charge in [-0.2, -0.15) is 10.4 Å². The number of nitrogens with zero attached hydrogens (tertiary/aromatic N) is 8. The van der Waals surface area contributed by atoms with Crippen LogP contribution in [-0.4, -0.2) is 92.8 Å². The summed E-state index contributed by atoms with van der Waals surface area (Å²) in [5, 5.41) is 17.4. The van der Waals surface area contributed by atoms with E-state index in [2.05, 4.69) is 25.0 Å². The minimum Gasteiger partial charge on any atom is -0.453 e. The summed E-state index contributed by atoms with van der Waals surface area (Å²) >= 11 is 1.25. The number of fused-ring (bicyclic) bond motifs is 2. The number of aryl methyl sites for hydroxylation is 1. The molecule has 0 radical (unpaired) electrons. The molecule has 2 amide bonds. The molecule has 0 atom stereocenters. The second-order valence-corrected chi connectivity index (χ2v) is 16.9. The molecule has 5 aromatic rings. The van der Waals surface area contributed by atoms with E-state index in [1.54, 1.807) is 29.7 Å². The summed E-state index contributed by atoms with van der Waals surface area (Å²) < 4.78 is 61.1. The molecule has 3 aromatic carbocycles. The van der Waals surface area contributed by atoms with Crippen molar-refractivity contribution in [3.05, 3.63) is 81.9 Å². The van der Waals surface area contributed by atoms with Crippen molar-refractivity contribution in [2.75, 3.05) is 49.9 Å². The molecule has 7 rings (SSSR count). The van der Waals surface area contributed by atoms with Gasteiger partial charge in [-0.1, -0.05) is 20.8 Å². The largest absolute Gasteiger partial charge is 0.453 e. The summed E-state index contributed by atoms with van der Waals surface area (Å²) in [6.45, 7) is 7.87. The van der Waals surface area contributed by atoms with Crippen molar-refractivity contribution in [2.45, 2.75) is 89.9 Å². The predicted molar refractivity (Wildman–Crippen MR) is 240 cm³/mol. The summed E-state index contributed by atoms with van der Waals surface area (Å²) in [6.07, 6.45) is 5.52. The third kappa shape index (κ3) is 10.6. The lowest BCUT2D eigenvalue weighted by Gasteiger charge is -2.43. The molecule has 3 heterocycles. The van der Waals surface area contributed by atoms with Gasteiger partial charge < -0.3 is 19.3 Å². The van der Waals surface area contributed by atoms with Gasteiger partial charge in [-0.15, -0.1) is 0 Å². The number of ether oxygens (including phenoxy) is 1. The number of aromatic nitrogens is 4. The van der Waals surface area contributed by atoms with E-state index in [1.807, 2.05) is 44.3 Å². The number of rotatable bonds is 15. The Labute approximate surface area is 369 Å². The van der Waals surface area contributed by atoms with Crippen LogP contribution < -0.4 is 25.2 Å². The molecule has 63 heavy (non-hydrogen) atoms. The molecule has 1 aliphatic carbocycles. The number of anilines is 2. The number of carbonyl (C=O) groups excluding carboxylic acids is 2. The Morgan fingerprint density at radius 2 is 1.79 bits per heavy atom. The zero-order valence-electron chi connectivity index (χ0n) is 36.6. The highest BCUT2D eigenvalue weighted by Gasteiger charge is 2.38. The zero-order chi connectivity index (χ0) is 45.4. The lowest BCUT2D eigenvalue weighted by atomic mass is 9.80. The molecule has 0 spiro atoms. The normalized spacial score (nSPS) is 17.5. The highest BCUT2D eigenvalue weighted by atomic mass is 32.2. The molecule has 2 aliphatic rings. The minimum atomic E-state index is -1.64. The number of alkyl halides is 1. The molecule has 1 saturated carbocycles. The van der Waals surface area contributed by atoms with Crippen molar-refractivity contribution in [1.82, 2.24) is 33.9 Å². The number of carbonyl (C=O) groups is 2. The monoisotopic (exact) mass is 888 g/mol. The Hall–Kier alpha value is -5.64. The topological polar surface area (TPSA) is 154 Å². The molecule has 336 valence electrons. The second kappa shape index (κ2) is 20.7. The molecular formula is C45H55F3N10O4S. The summed E-state index contributed by atoms with van der Waals surface area (Å²) in [5.41, 5.74) is 0.0538. The predicted octanol–water partition coefficient (Wildman–Crippen LogP) is 7.81. The molecule has 2 fully saturated rings. The number of nitrogens with one attached hydrogen (secondary N) is 2. The van der Waals surface area contributed by atoms with E-state index >= 15 is 13.2 Å². The second-order valence-electron chi connectivity index (χ2n) is 15.9. The van der Waals surface area contributed by atoms with Gasteiger partial charge in [-0.3, -0.25) is 28.9 Å². The van der Waals surface area contributed by atoms with E-state index in [4.69, 9.17) is 4.74 Å². The average molecular weight is 889 g/mol. The summed E-state index contributed by atoms with van der Waals surface area (Å²) in [5.74, 6) is -1.02. The van der Waals surface area contributed by atoms with Crippen LogP contribution in [0.3, 0.4) is 0 Å². The van der Waals surface area contributed by atoms with Crippen LogP contribution in [0.15, 0.2) is 53.6 Å². The van der Waals surface area contributed by atoms with Gasteiger partial charge in [-0.25, -0.2) is 22.5 Å². The lowest BCUT2D eigenvalue weighted by Crippen LogP contribution is -2.49. The smallest absolute Gasteiger partial charge is 0.261 e. The number of hydrogen-bond acceptors (Lipinski definition) is 12. The van der Waals surface area contributed by atoms with Gasteiger partial charge in [0.2, 0.25) is 12.3 Å². The van der Waals surface area contributed by atoms with E-state index in [1.165, 1.54) is 53.4 Å². The number of halogens is 3. The van der Waals surface area contributed by atoms with E-state index < -0.39 is 23.0 Å². The number of benzene rings is 3. The molecule has 1 aliphatic heterocycles. The molecule has 0 unspecified atom stereocenters. The number of nitriles is 1. The fourth-order valence-corrected chi connectivity index (χ4v) is 8.92. The van der Waals surface area contributed by atoms with Crippen LogP contribution in [0.1, 0.15) is 82.8 Å². The first-order valence-electron chi connectivity index (χ1n) is 21.4. The average Bonchev–Trinajstić information content (AvgIpc) is 3.61. The highest BCUT2D eigenvalue weighted by molar-refractivity contribution is 7.98. The Morgan fingerprint density at radius 3 is 2.48 bits per heavy atom. The summed E-state index contributed by atoms with van der Waals surface area (Å²) in [4.78, 5) is 44.6. The quantitative estimate of drug-likeness (QED) is 0.0779. The van der Waals surface area contributed by atoms with Crippen molar-refractivity contribution in [2.24, 2.45) is 7.05 Å². The maximum Gasteiger partial charge on any atom is 0.261 e. The molecule has 14 nitrogen and oxygen atoms in total. The Kier molecular flexibility index (Phi) is 15.4. The summed E-state index contributed by atoms with van der Waals surface area (Å²) in [7, 11) is 5.44. The van der Waals surface area contributed by atoms with Crippen LogP contribution in [0.4, 0.5) is 24.7 Å². The van der Waals surface area contributed by atoms with Gasteiger partial charge >= 0.3 is 0 Å². The van der Waals surface area contributed by atoms with Gasteiger partial charge in [-0.05, 0) is 99.5 Å². The van der Waals surface area contributed by atoms with Crippen LogP contribution in [0, 0.1) is 23.0 Å². The first kappa shape index (κ1) is 46.9. The van der Waals surface area contributed by atoms with Gasteiger partial charge in [0, 0.05) is 70.3 Å². The van der Waals surface area contributed by atoms with E-state index in [0.29, 0.717) is 54.0 Å². The number of hydrogen-bond donors (Lipinski definition) is 2. The zero-order valence-corrected chi connectivity index (χ0v) is 37.4. The third-order valence-electron chi connectivity index (χ3n) is 12.0. The van der Waals surface area contributed by atoms with Crippen LogP contribution in [0.5, 0.6) is 11.5 Å². The summed E-state index contributed by atoms with van der Waals surface area (Å²) in [6, 6.07) is 12.9. The third-order valence-corrected chi connectivity index (χ3v) is 12.9. The Bertz CT molecular complexity index is 2530. The van der Waals surface area contributed by atoms with Crippen molar-refractivity contribution < 1.29 is 27.5 Å². The highest BCUT2D eigenvalue weighted by Crippen LogP contribution is 2.41. The number of likely N-dealkylation sites (tertiary alicyclic amines) is 1. The molecule has 1 saturated heterocycles. The molecule has 0 bridgehead atoms. The molecule has 18 heteroatoms. The number of piperidine rings is 1. The van der Waals surface area contributed by atoms with Crippen LogP contribution >= 0.6 is 12.1 Å². The Morgan fingerprint density at radius 1 is 1.06 bits per heavy atom. The maximum absolute atomic E-state index is 16.5. The fraction of sp³-hybridized carbons (Fsp3) is 0.467. The van der Waals surface area contributed by atoms with Crippen LogP contribution in [0.25, 0.3) is 21.8 Å². The maximum atomic E-state index is 16.5. The number of amides is 2. The van der Waals surface area contributed by atoms with Gasteiger partial charge in [0.1, 0.15) is 28.9 Å². The van der Waals surface area contributed by atoms with Crippen LogP contribution in [-0.2, 0) is 23.2 Å². The van der Waals surface area contributed by atoms with E-state index in [0.717, 1.165) is 37.7 Å². The van der Waals surface area contributed by atoms with Crippen molar-refractivity contribution in [3.63, 3.8) is 0 Å². The van der Waals surface area contributed by atoms with Crippen molar-refractivity contribution in [1.29, 1.82) is 5.26 Å². The Balaban J connectivity index is 0.00000326. The standard InChI is InChI=1S/C43H49F3N10O4S.C2H6/c1-5-53(3)61-51-37-13-11-34(44)40(33(37)23-47)60-29-10-12-36-31(20-29)42(59)56(25-48-36)24-43(46)15-18-55(19-16-43)28-8-6-27(7-9-28)30-22-38-32(21-35(30)45)41(50-54(38)4)52(2)17-14-39(58)49-26-57;1-2/h10-13,20-22,25-28,51H,5-9,14-19,24H2,1-4H3,(H,49,57,58);1-2H3. The minimum absolute atomic E-state index is 0.0264. The number of imide groups is 1.